The predicted molar refractivity (Wildman–Crippen MR) is 74.9 cm³/mol. The molecule has 0 saturated carbocycles. The zero-order chi connectivity index (χ0) is 13.6. The molecule has 1 rings (SSSR count). The lowest BCUT2D eigenvalue weighted by atomic mass is 9.95. The zero-order valence-corrected chi connectivity index (χ0v) is 11.7. The quantitative estimate of drug-likeness (QED) is 0.691. The molecule has 0 unspecified atom stereocenters. The first-order valence-corrected chi connectivity index (χ1v) is 6.40. The fourth-order valence-corrected chi connectivity index (χ4v) is 1.65. The van der Waals surface area contributed by atoms with Crippen LogP contribution in [0, 0.1) is 5.41 Å². The molecule has 3 N–H and O–H groups in total. The maximum absolute atomic E-state index is 9.26. The van der Waals surface area contributed by atoms with Crippen LogP contribution in [0.5, 0.6) is 0 Å². The summed E-state index contributed by atoms with van der Waals surface area (Å²) in [5.41, 5.74) is 0.949. The molecule has 0 atom stereocenters. The van der Waals surface area contributed by atoms with E-state index in [9.17, 15) is 5.11 Å². The largest absolute Gasteiger partial charge is 0.396 e. The highest BCUT2D eigenvalue weighted by atomic mass is 16.3. The van der Waals surface area contributed by atoms with E-state index in [0.717, 1.165) is 30.0 Å². The van der Waals surface area contributed by atoms with Gasteiger partial charge in [-0.3, -0.25) is 0 Å². The van der Waals surface area contributed by atoms with Crippen molar-refractivity contribution >= 4 is 11.6 Å². The van der Waals surface area contributed by atoms with E-state index < -0.39 is 0 Å². The smallest absolute Gasteiger partial charge is 0.134 e. The number of aliphatic hydroxyl groups excluding tert-OH is 1. The van der Waals surface area contributed by atoms with Gasteiger partial charge in [0, 0.05) is 31.2 Å². The van der Waals surface area contributed by atoms with Gasteiger partial charge in [-0.05, 0) is 6.42 Å². The van der Waals surface area contributed by atoms with Gasteiger partial charge >= 0.3 is 0 Å². The Labute approximate surface area is 109 Å². The van der Waals surface area contributed by atoms with E-state index in [1.54, 1.807) is 6.33 Å². The fourth-order valence-electron chi connectivity index (χ4n) is 1.65. The standard InChI is InChI=1S/C13H24N4O/c1-5-6-10-11(14-4)16-9-17-12(10)15-7-13(2,3)8-18/h9,18H,5-8H2,1-4H3,(H2,14,15,16,17). The van der Waals surface area contributed by atoms with Crippen molar-refractivity contribution < 1.29 is 5.11 Å². The second kappa shape index (κ2) is 6.54. The zero-order valence-electron chi connectivity index (χ0n) is 11.7. The summed E-state index contributed by atoms with van der Waals surface area (Å²) >= 11 is 0. The molecule has 1 aromatic heterocycles. The lowest BCUT2D eigenvalue weighted by Crippen LogP contribution is -2.27. The normalized spacial score (nSPS) is 11.4. The van der Waals surface area contributed by atoms with Crippen molar-refractivity contribution in [2.45, 2.75) is 33.6 Å². The molecule has 0 aromatic carbocycles. The number of aliphatic hydroxyl groups is 1. The van der Waals surface area contributed by atoms with E-state index in [1.165, 1.54) is 0 Å². The van der Waals surface area contributed by atoms with Gasteiger partial charge in [0.05, 0.1) is 0 Å². The Morgan fingerprint density at radius 1 is 1.28 bits per heavy atom. The Hall–Kier alpha value is -1.36. The van der Waals surface area contributed by atoms with Gasteiger partial charge in [0.15, 0.2) is 0 Å². The van der Waals surface area contributed by atoms with Gasteiger partial charge in [-0.25, -0.2) is 9.97 Å². The van der Waals surface area contributed by atoms with Crippen LogP contribution in [0.15, 0.2) is 6.33 Å². The summed E-state index contributed by atoms with van der Waals surface area (Å²) in [5.74, 6) is 1.73. The fraction of sp³-hybridized carbons (Fsp3) is 0.692. The average Bonchev–Trinajstić information content (AvgIpc) is 2.38. The lowest BCUT2D eigenvalue weighted by Gasteiger charge is -2.23. The van der Waals surface area contributed by atoms with Crippen molar-refractivity contribution in [1.29, 1.82) is 0 Å². The minimum absolute atomic E-state index is 0.146. The van der Waals surface area contributed by atoms with Gasteiger partial charge in [-0.15, -0.1) is 0 Å². The number of nitrogens with one attached hydrogen (secondary N) is 2. The molecule has 18 heavy (non-hydrogen) atoms. The van der Waals surface area contributed by atoms with Crippen LogP contribution < -0.4 is 10.6 Å². The van der Waals surface area contributed by atoms with E-state index in [1.807, 2.05) is 20.9 Å². The molecule has 102 valence electrons. The molecule has 0 aliphatic carbocycles. The van der Waals surface area contributed by atoms with Gasteiger partial charge < -0.3 is 15.7 Å². The predicted octanol–water partition coefficient (Wildman–Crippen LogP) is 1.90. The molecular formula is C13H24N4O. The monoisotopic (exact) mass is 252 g/mol. The summed E-state index contributed by atoms with van der Waals surface area (Å²) in [5, 5.41) is 15.7. The molecule has 5 nitrogen and oxygen atoms in total. The van der Waals surface area contributed by atoms with Crippen molar-refractivity contribution in [3.05, 3.63) is 11.9 Å². The maximum atomic E-state index is 9.26. The van der Waals surface area contributed by atoms with Gasteiger partial charge in [0.1, 0.15) is 18.0 Å². The maximum Gasteiger partial charge on any atom is 0.134 e. The Balaban J connectivity index is 2.87. The summed E-state index contributed by atoms with van der Waals surface area (Å²) in [6.07, 6.45) is 3.53. The first-order valence-electron chi connectivity index (χ1n) is 6.40. The van der Waals surface area contributed by atoms with Crippen molar-refractivity contribution in [1.82, 2.24) is 9.97 Å². The van der Waals surface area contributed by atoms with Crippen LogP contribution >= 0.6 is 0 Å². The van der Waals surface area contributed by atoms with Gasteiger partial charge in [-0.2, -0.15) is 0 Å². The van der Waals surface area contributed by atoms with Crippen LogP contribution in [-0.2, 0) is 6.42 Å². The van der Waals surface area contributed by atoms with E-state index in [4.69, 9.17) is 0 Å². The third-order valence-electron chi connectivity index (χ3n) is 2.84. The number of anilines is 2. The van der Waals surface area contributed by atoms with Crippen LogP contribution in [0.25, 0.3) is 0 Å². The second-order valence-electron chi connectivity index (χ2n) is 5.23. The van der Waals surface area contributed by atoms with Crippen molar-refractivity contribution in [2.24, 2.45) is 5.41 Å². The van der Waals surface area contributed by atoms with Gasteiger partial charge in [-0.1, -0.05) is 27.2 Å². The third kappa shape index (κ3) is 3.84. The van der Waals surface area contributed by atoms with E-state index in [2.05, 4.69) is 27.5 Å². The summed E-state index contributed by atoms with van der Waals surface area (Å²) in [7, 11) is 1.86. The molecule has 0 spiro atoms. The summed E-state index contributed by atoms with van der Waals surface area (Å²) in [4.78, 5) is 8.53. The summed E-state index contributed by atoms with van der Waals surface area (Å²) in [6, 6.07) is 0. The Bertz CT molecular complexity index is 379. The molecule has 1 aromatic rings. The van der Waals surface area contributed by atoms with Crippen LogP contribution in [0.2, 0.25) is 0 Å². The highest BCUT2D eigenvalue weighted by molar-refractivity contribution is 5.57. The van der Waals surface area contributed by atoms with Crippen LogP contribution in [0.4, 0.5) is 11.6 Å². The Kier molecular flexibility index (Phi) is 5.34. The Morgan fingerprint density at radius 2 is 1.94 bits per heavy atom. The molecule has 0 radical (unpaired) electrons. The highest BCUT2D eigenvalue weighted by Gasteiger charge is 2.18. The van der Waals surface area contributed by atoms with Gasteiger partial charge in [0.2, 0.25) is 0 Å². The molecule has 0 bridgehead atoms. The number of hydrogen-bond donors (Lipinski definition) is 3. The summed E-state index contributed by atoms with van der Waals surface area (Å²) < 4.78 is 0. The minimum Gasteiger partial charge on any atom is -0.396 e. The van der Waals surface area contributed by atoms with Crippen molar-refractivity contribution in [2.75, 3.05) is 30.8 Å². The van der Waals surface area contributed by atoms with Crippen LogP contribution in [-0.4, -0.2) is 35.3 Å². The van der Waals surface area contributed by atoms with E-state index >= 15 is 0 Å². The van der Waals surface area contributed by atoms with Crippen molar-refractivity contribution in [3.8, 4) is 0 Å². The molecular weight excluding hydrogens is 228 g/mol. The molecule has 5 heteroatoms. The SMILES string of the molecule is CCCc1c(NC)ncnc1NCC(C)(C)CO. The topological polar surface area (TPSA) is 70.1 Å². The number of hydrogen-bond acceptors (Lipinski definition) is 5. The van der Waals surface area contributed by atoms with Crippen LogP contribution in [0.1, 0.15) is 32.8 Å². The van der Waals surface area contributed by atoms with Gasteiger partial charge in [0.25, 0.3) is 0 Å². The van der Waals surface area contributed by atoms with E-state index in [-0.39, 0.29) is 12.0 Å². The lowest BCUT2D eigenvalue weighted by molar-refractivity contribution is 0.170. The first-order chi connectivity index (χ1) is 8.54. The molecule has 0 aliphatic heterocycles. The average molecular weight is 252 g/mol. The number of rotatable bonds is 7. The Morgan fingerprint density at radius 3 is 2.50 bits per heavy atom. The van der Waals surface area contributed by atoms with E-state index in [0.29, 0.717) is 6.54 Å². The number of nitrogens with zero attached hydrogens (tertiary/aromatic N) is 2. The molecule has 0 amide bonds. The first kappa shape index (κ1) is 14.7. The van der Waals surface area contributed by atoms with Crippen LogP contribution in [0.3, 0.4) is 0 Å². The molecule has 0 aliphatic rings. The third-order valence-corrected chi connectivity index (χ3v) is 2.84. The second-order valence-corrected chi connectivity index (χ2v) is 5.23. The summed E-state index contributed by atoms with van der Waals surface area (Å²) in [6.45, 7) is 6.99. The minimum atomic E-state index is -0.158. The molecule has 0 fully saturated rings. The molecule has 0 saturated heterocycles. The highest BCUT2D eigenvalue weighted by Crippen LogP contribution is 2.23. The van der Waals surface area contributed by atoms with Crippen molar-refractivity contribution in [3.63, 3.8) is 0 Å². The molecule has 1 heterocycles. The number of aromatic nitrogens is 2.